The zero-order valence-corrected chi connectivity index (χ0v) is 7.28. The summed E-state index contributed by atoms with van der Waals surface area (Å²) in [6, 6.07) is 0. The summed E-state index contributed by atoms with van der Waals surface area (Å²) in [5.41, 5.74) is 10.6. The van der Waals surface area contributed by atoms with Gasteiger partial charge in [0.05, 0.1) is 11.8 Å². The Morgan fingerprint density at radius 3 is 2.50 bits per heavy atom. The molecule has 76 valence electrons. The predicted molar refractivity (Wildman–Crippen MR) is 48.3 cm³/mol. The van der Waals surface area contributed by atoms with Crippen molar-refractivity contribution >= 4 is 11.8 Å². The quantitative estimate of drug-likeness (QED) is 0.415. The third kappa shape index (κ3) is 1.35. The average Bonchev–Trinajstić information content (AvgIpc) is 2.12. The summed E-state index contributed by atoms with van der Waals surface area (Å²) in [5, 5.41) is 0. The highest BCUT2D eigenvalue weighted by molar-refractivity contribution is 5.96. The van der Waals surface area contributed by atoms with Crippen LogP contribution >= 0.6 is 0 Å². The first-order valence-electron chi connectivity index (χ1n) is 3.93. The molecule has 1 aliphatic heterocycles. The number of hydrazine groups is 1. The van der Waals surface area contributed by atoms with Crippen molar-refractivity contribution in [3.8, 4) is 0 Å². The largest absolute Gasteiger partial charge is 0.412 e. The molecule has 2 unspecified atom stereocenters. The van der Waals surface area contributed by atoms with Gasteiger partial charge in [0.1, 0.15) is 0 Å². The molecule has 0 aromatic carbocycles. The van der Waals surface area contributed by atoms with E-state index in [1.807, 2.05) is 0 Å². The fraction of sp³-hybridized carbons (Fsp3) is 0.250. The van der Waals surface area contributed by atoms with E-state index in [0.717, 1.165) is 0 Å². The van der Waals surface area contributed by atoms with Crippen molar-refractivity contribution < 1.29 is 15.1 Å². The molecule has 1 aliphatic carbocycles. The monoisotopic (exact) mass is 197 g/mol. The van der Waals surface area contributed by atoms with E-state index in [0.29, 0.717) is 5.70 Å². The Kier molecular flexibility index (Phi) is 2.57. The average molecular weight is 197 g/mol. The first kappa shape index (κ1) is 10.3. The summed E-state index contributed by atoms with van der Waals surface area (Å²) in [4.78, 5) is 22.6. The molecule has 2 rings (SSSR count). The fourth-order valence-electron chi connectivity index (χ4n) is 1.55. The Morgan fingerprint density at radius 2 is 1.86 bits per heavy atom. The second-order valence-electron chi connectivity index (χ2n) is 3.03. The van der Waals surface area contributed by atoms with Crippen LogP contribution in [0, 0.1) is 11.8 Å². The number of hydrogen-bond acceptors (Lipinski definition) is 3. The van der Waals surface area contributed by atoms with Crippen LogP contribution in [-0.4, -0.2) is 17.3 Å². The number of nitrogens with one attached hydrogen (secondary N) is 2. The molecule has 1 saturated heterocycles. The minimum Gasteiger partial charge on any atom is -0.412 e. The maximum Gasteiger partial charge on any atom is 0.248 e. The molecule has 1 fully saturated rings. The number of carbonyl (C=O) groups is 2. The fourth-order valence-corrected chi connectivity index (χ4v) is 1.55. The van der Waals surface area contributed by atoms with Gasteiger partial charge in [-0.15, -0.1) is 0 Å². The van der Waals surface area contributed by atoms with Gasteiger partial charge in [0.2, 0.25) is 11.8 Å². The first-order valence-corrected chi connectivity index (χ1v) is 3.93. The van der Waals surface area contributed by atoms with Crippen molar-refractivity contribution in [3.63, 3.8) is 0 Å². The van der Waals surface area contributed by atoms with Crippen LogP contribution in [0.1, 0.15) is 0 Å². The number of allylic oxidation sites excluding steroid dienone is 2. The zero-order chi connectivity index (χ0) is 9.42. The van der Waals surface area contributed by atoms with Crippen molar-refractivity contribution in [1.29, 1.82) is 0 Å². The standard InChI is InChI=1S/C8H9N3O2.H2O/c9-5-3-1-2-4-6(5)8(13)11-10-7(4)12;/h1-4,6H,9H2,(H,10,12)(H,11,13);1H2. The second-order valence-corrected chi connectivity index (χ2v) is 3.03. The first-order chi connectivity index (χ1) is 6.20. The highest BCUT2D eigenvalue weighted by atomic mass is 16.2. The maximum atomic E-state index is 11.3. The normalized spacial score (nSPS) is 29.3. The van der Waals surface area contributed by atoms with Crippen LogP contribution in [0.5, 0.6) is 0 Å². The van der Waals surface area contributed by atoms with E-state index in [1.54, 1.807) is 18.2 Å². The van der Waals surface area contributed by atoms with E-state index >= 15 is 0 Å². The Hall–Kier alpha value is -1.82. The van der Waals surface area contributed by atoms with E-state index in [9.17, 15) is 9.59 Å². The summed E-state index contributed by atoms with van der Waals surface area (Å²) in [6.07, 6.45) is 5.00. The summed E-state index contributed by atoms with van der Waals surface area (Å²) in [6.45, 7) is 0. The molecule has 0 saturated carbocycles. The molecule has 14 heavy (non-hydrogen) atoms. The molecule has 6 nitrogen and oxygen atoms in total. The third-order valence-corrected chi connectivity index (χ3v) is 2.22. The molecular weight excluding hydrogens is 186 g/mol. The molecule has 6 N–H and O–H groups in total. The molecule has 2 amide bonds. The van der Waals surface area contributed by atoms with Crippen LogP contribution in [0.15, 0.2) is 23.9 Å². The molecule has 2 aliphatic rings. The maximum absolute atomic E-state index is 11.3. The molecular formula is C8H11N3O3. The van der Waals surface area contributed by atoms with Crippen LogP contribution < -0.4 is 16.6 Å². The second kappa shape index (κ2) is 3.51. The smallest absolute Gasteiger partial charge is 0.248 e. The van der Waals surface area contributed by atoms with Crippen molar-refractivity contribution in [1.82, 2.24) is 10.9 Å². The van der Waals surface area contributed by atoms with Crippen LogP contribution in [-0.2, 0) is 9.59 Å². The van der Waals surface area contributed by atoms with E-state index in [2.05, 4.69) is 10.9 Å². The van der Waals surface area contributed by atoms with E-state index in [4.69, 9.17) is 5.73 Å². The molecule has 2 atom stereocenters. The van der Waals surface area contributed by atoms with Crippen molar-refractivity contribution in [3.05, 3.63) is 23.9 Å². The minimum atomic E-state index is -0.543. The Morgan fingerprint density at radius 1 is 1.21 bits per heavy atom. The Balaban J connectivity index is 0.000000980. The van der Waals surface area contributed by atoms with Gasteiger partial charge in [-0.2, -0.15) is 0 Å². The molecule has 0 aromatic rings. The van der Waals surface area contributed by atoms with E-state index < -0.39 is 11.8 Å². The van der Waals surface area contributed by atoms with Gasteiger partial charge >= 0.3 is 0 Å². The van der Waals surface area contributed by atoms with Gasteiger partial charge in [-0.1, -0.05) is 12.2 Å². The summed E-state index contributed by atoms with van der Waals surface area (Å²) >= 11 is 0. The lowest BCUT2D eigenvalue weighted by atomic mass is 9.83. The number of amides is 2. The molecule has 0 spiro atoms. The van der Waals surface area contributed by atoms with Crippen LogP contribution in [0.25, 0.3) is 0 Å². The highest BCUT2D eigenvalue weighted by Crippen LogP contribution is 2.25. The van der Waals surface area contributed by atoms with Crippen molar-refractivity contribution in [2.24, 2.45) is 17.6 Å². The van der Waals surface area contributed by atoms with E-state index in [1.165, 1.54) is 0 Å². The number of carbonyl (C=O) groups excluding carboxylic acids is 2. The van der Waals surface area contributed by atoms with Crippen LogP contribution in [0.3, 0.4) is 0 Å². The molecule has 0 radical (unpaired) electrons. The summed E-state index contributed by atoms with van der Waals surface area (Å²) in [5.74, 6) is -1.49. The van der Waals surface area contributed by atoms with Gasteiger partial charge < -0.3 is 11.2 Å². The topological polar surface area (TPSA) is 116 Å². The molecule has 6 heteroatoms. The minimum absolute atomic E-state index is 0. The van der Waals surface area contributed by atoms with Gasteiger partial charge in [0, 0.05) is 5.70 Å². The zero-order valence-electron chi connectivity index (χ0n) is 7.28. The lowest BCUT2D eigenvalue weighted by Gasteiger charge is -2.30. The van der Waals surface area contributed by atoms with Gasteiger partial charge in [0.25, 0.3) is 0 Å². The summed E-state index contributed by atoms with van der Waals surface area (Å²) in [7, 11) is 0. The molecule has 0 bridgehead atoms. The number of fused-ring (bicyclic) bond motifs is 1. The SMILES string of the molecule is NC1=CC=CC2C(=O)NNC(=O)C12.O. The van der Waals surface area contributed by atoms with Gasteiger partial charge in [-0.25, -0.2) is 0 Å². The van der Waals surface area contributed by atoms with Crippen LogP contribution in [0.2, 0.25) is 0 Å². The third-order valence-electron chi connectivity index (χ3n) is 2.22. The molecule has 0 aromatic heterocycles. The molecule has 1 heterocycles. The van der Waals surface area contributed by atoms with Gasteiger partial charge in [-0.05, 0) is 6.08 Å². The number of rotatable bonds is 0. The highest BCUT2D eigenvalue weighted by Gasteiger charge is 2.38. The van der Waals surface area contributed by atoms with Crippen molar-refractivity contribution in [2.45, 2.75) is 0 Å². The van der Waals surface area contributed by atoms with Gasteiger partial charge in [-0.3, -0.25) is 20.4 Å². The number of hydrogen-bond donors (Lipinski definition) is 3. The Bertz CT molecular complexity index is 335. The summed E-state index contributed by atoms with van der Waals surface area (Å²) < 4.78 is 0. The predicted octanol–water partition coefficient (Wildman–Crippen LogP) is -2.03. The lowest BCUT2D eigenvalue weighted by molar-refractivity contribution is -0.140. The van der Waals surface area contributed by atoms with Gasteiger partial charge in [0.15, 0.2) is 0 Å². The van der Waals surface area contributed by atoms with E-state index in [-0.39, 0.29) is 17.3 Å². The number of nitrogens with two attached hydrogens (primary N) is 1. The van der Waals surface area contributed by atoms with Crippen LogP contribution in [0.4, 0.5) is 0 Å². The lowest BCUT2D eigenvalue weighted by Crippen LogP contribution is -2.57. The van der Waals surface area contributed by atoms with Crippen molar-refractivity contribution in [2.75, 3.05) is 0 Å². The Labute approximate surface area is 80.1 Å².